The van der Waals surface area contributed by atoms with Crippen LogP contribution in [0.3, 0.4) is 0 Å². The average molecular weight is 181 g/mol. The van der Waals surface area contributed by atoms with E-state index >= 15 is 0 Å². The van der Waals surface area contributed by atoms with Crippen molar-refractivity contribution in [1.29, 1.82) is 0 Å². The molecule has 0 aliphatic heterocycles. The molecule has 0 saturated heterocycles. The van der Waals surface area contributed by atoms with Crippen LogP contribution < -0.4 is 42.0 Å². The van der Waals surface area contributed by atoms with Crippen LogP contribution in [-0.4, -0.2) is 18.7 Å². The van der Waals surface area contributed by atoms with E-state index in [-0.39, 0.29) is 47.7 Å². The minimum absolute atomic E-state index is 0. The maximum absolute atomic E-state index is 9.72. The van der Waals surface area contributed by atoms with Crippen molar-refractivity contribution in [2.24, 2.45) is 0 Å². The second-order valence-electron chi connectivity index (χ2n) is 1.04. The van der Waals surface area contributed by atoms with Crippen molar-refractivity contribution in [2.75, 3.05) is 5.75 Å². The van der Waals surface area contributed by atoms with E-state index < -0.39 is 10.1 Å². The Hall–Kier alpha value is 0.940. The monoisotopic (exact) mass is 180 g/mol. The van der Waals surface area contributed by atoms with Gasteiger partial charge in [-0.05, 0) is 0 Å². The topological polar surface area (TPSA) is 54.4 Å². The first-order valence-corrected chi connectivity index (χ1v) is 3.23. The Morgan fingerprint density at radius 1 is 1.56 bits per heavy atom. The normalized spacial score (nSPS) is 8.56. The molecule has 0 spiro atoms. The second kappa shape index (κ2) is 7.05. The van der Waals surface area contributed by atoms with Crippen LogP contribution in [0.1, 0.15) is 0 Å². The number of halogens is 1. The molecule has 0 aromatic carbocycles. The Morgan fingerprint density at radius 3 is 1.89 bits per heavy atom. The fourth-order valence-electron chi connectivity index (χ4n) is 0.149. The van der Waals surface area contributed by atoms with E-state index in [1.165, 1.54) is 0 Å². The fraction of sp³-hybridized carbons (Fsp3) is 0.333. The van der Waals surface area contributed by atoms with Gasteiger partial charge in [-0.25, -0.2) is 0 Å². The maximum Gasteiger partial charge on any atom is 1.00 e. The molecule has 0 amide bonds. The molecule has 6 heteroatoms. The van der Waals surface area contributed by atoms with Gasteiger partial charge in [0.1, 0.15) is 0 Å². The quantitative estimate of drug-likeness (QED) is 0.262. The molecule has 0 fully saturated rings. The van der Waals surface area contributed by atoms with Gasteiger partial charge in [-0.1, -0.05) is 6.08 Å². The molecule has 0 radical (unpaired) electrons. The zero-order chi connectivity index (χ0) is 5.91. The number of hydrogen-bond donors (Lipinski definition) is 1. The van der Waals surface area contributed by atoms with E-state index in [9.17, 15) is 8.42 Å². The molecule has 0 unspecified atom stereocenters. The molecule has 0 saturated carbocycles. The summed E-state index contributed by atoms with van der Waals surface area (Å²) in [5.74, 6) is -0.368. The van der Waals surface area contributed by atoms with Crippen molar-refractivity contribution in [3.63, 3.8) is 0 Å². The van der Waals surface area contributed by atoms with Crippen LogP contribution in [0.4, 0.5) is 0 Å². The molecule has 0 atom stereocenters. The van der Waals surface area contributed by atoms with Crippen LogP contribution >= 0.6 is 0 Å². The predicted molar refractivity (Wildman–Crippen MR) is 26.6 cm³/mol. The van der Waals surface area contributed by atoms with E-state index in [1.54, 1.807) is 0 Å². The van der Waals surface area contributed by atoms with Gasteiger partial charge >= 0.3 is 29.6 Å². The third-order valence-corrected chi connectivity index (χ3v) is 0.985. The molecular weight excluding hydrogens is 175 g/mol. The number of rotatable bonds is 2. The summed E-state index contributed by atoms with van der Waals surface area (Å²) in [6.07, 6.45) is 1.12. The van der Waals surface area contributed by atoms with Gasteiger partial charge in [0, 0.05) is 0 Å². The minimum atomic E-state index is -3.79. The SMILES string of the molecule is C=CCS(=O)(=O)O.[Cl-].[Na+]. The molecule has 0 bridgehead atoms. The molecule has 0 aromatic rings. The van der Waals surface area contributed by atoms with Crippen LogP contribution in [0.25, 0.3) is 0 Å². The van der Waals surface area contributed by atoms with Gasteiger partial charge in [0.25, 0.3) is 10.1 Å². The molecule has 0 heterocycles. The number of hydrogen-bond acceptors (Lipinski definition) is 2. The Labute approximate surface area is 83.0 Å². The Morgan fingerprint density at radius 2 is 1.89 bits per heavy atom. The van der Waals surface area contributed by atoms with E-state index in [4.69, 9.17) is 4.55 Å². The summed E-state index contributed by atoms with van der Waals surface area (Å²) in [7, 11) is -3.79. The van der Waals surface area contributed by atoms with Crippen molar-refractivity contribution < 1.29 is 54.9 Å². The smallest absolute Gasteiger partial charge is 1.00 e. The first-order valence-electron chi connectivity index (χ1n) is 1.62. The van der Waals surface area contributed by atoms with Gasteiger partial charge in [-0.3, -0.25) is 4.55 Å². The molecule has 0 aliphatic carbocycles. The van der Waals surface area contributed by atoms with Gasteiger partial charge in [0.2, 0.25) is 0 Å². The van der Waals surface area contributed by atoms with Gasteiger partial charge in [0.15, 0.2) is 0 Å². The zero-order valence-corrected chi connectivity index (χ0v) is 8.61. The summed E-state index contributed by atoms with van der Waals surface area (Å²) in [4.78, 5) is 0. The van der Waals surface area contributed by atoms with Gasteiger partial charge in [-0.15, -0.1) is 6.58 Å². The Balaban J connectivity index is -0.000000180. The van der Waals surface area contributed by atoms with Crippen LogP contribution in [0, 0.1) is 0 Å². The molecule has 1 N–H and O–H groups in total. The van der Waals surface area contributed by atoms with Crippen molar-refractivity contribution >= 4 is 10.1 Å². The first kappa shape index (κ1) is 16.5. The van der Waals surface area contributed by atoms with Gasteiger partial charge in [-0.2, -0.15) is 8.42 Å². The molecule has 0 rings (SSSR count). The second-order valence-corrected chi connectivity index (χ2v) is 2.53. The summed E-state index contributed by atoms with van der Waals surface area (Å²) < 4.78 is 27.3. The van der Waals surface area contributed by atoms with Crippen molar-refractivity contribution in [2.45, 2.75) is 0 Å². The largest absolute Gasteiger partial charge is 1.00 e. The van der Waals surface area contributed by atoms with Crippen LogP contribution in [-0.2, 0) is 10.1 Å². The van der Waals surface area contributed by atoms with Crippen LogP contribution in [0.2, 0.25) is 0 Å². The van der Waals surface area contributed by atoms with E-state index in [1.807, 2.05) is 0 Å². The maximum atomic E-state index is 9.72. The molecule has 3 nitrogen and oxygen atoms in total. The first-order chi connectivity index (χ1) is 3.06. The molecular formula is C3H6ClNaO3S. The van der Waals surface area contributed by atoms with Crippen LogP contribution in [0.5, 0.6) is 0 Å². The van der Waals surface area contributed by atoms with E-state index in [2.05, 4.69) is 6.58 Å². The predicted octanol–water partition coefficient (Wildman–Crippen LogP) is -5.93. The molecule has 50 valence electrons. The summed E-state index contributed by atoms with van der Waals surface area (Å²) in [6.45, 7) is 3.11. The van der Waals surface area contributed by atoms with Crippen molar-refractivity contribution in [3.8, 4) is 0 Å². The fourth-order valence-corrected chi connectivity index (χ4v) is 0.447. The summed E-state index contributed by atoms with van der Waals surface area (Å²) in [5, 5.41) is 0. The summed E-state index contributed by atoms with van der Waals surface area (Å²) >= 11 is 0. The van der Waals surface area contributed by atoms with Crippen molar-refractivity contribution in [1.82, 2.24) is 0 Å². The molecule has 0 aromatic heterocycles. The third-order valence-electron chi connectivity index (χ3n) is 0.328. The van der Waals surface area contributed by atoms with Crippen molar-refractivity contribution in [3.05, 3.63) is 12.7 Å². The van der Waals surface area contributed by atoms with E-state index in [0.29, 0.717) is 0 Å². The average Bonchev–Trinajstić information content (AvgIpc) is 1.30. The van der Waals surface area contributed by atoms with Gasteiger partial charge in [0.05, 0.1) is 5.75 Å². The molecule has 0 aliphatic rings. The van der Waals surface area contributed by atoms with E-state index in [0.717, 1.165) is 6.08 Å². The Kier molecular flexibility index (Phi) is 12.9. The van der Waals surface area contributed by atoms with Gasteiger partial charge < -0.3 is 12.4 Å². The summed E-state index contributed by atoms with van der Waals surface area (Å²) in [6, 6.07) is 0. The third kappa shape index (κ3) is 17.6. The summed E-state index contributed by atoms with van der Waals surface area (Å²) in [5.41, 5.74) is 0. The standard InChI is InChI=1S/C3H6O3S.ClH.Na/c1-2-3-7(4,5)6;;/h2H,1,3H2,(H,4,5,6);1H;/q;;+1/p-1. The Bertz CT molecular complexity index is 152. The minimum Gasteiger partial charge on any atom is -1.00 e. The van der Waals surface area contributed by atoms with Crippen LogP contribution in [0.15, 0.2) is 12.7 Å². The molecule has 9 heavy (non-hydrogen) atoms. The zero-order valence-electron chi connectivity index (χ0n) is 5.04.